The van der Waals surface area contributed by atoms with Gasteiger partial charge in [-0.25, -0.2) is 9.37 Å². The fourth-order valence-electron chi connectivity index (χ4n) is 1.91. The molecule has 0 aliphatic carbocycles. The summed E-state index contributed by atoms with van der Waals surface area (Å²) in [6, 6.07) is 6.24. The van der Waals surface area contributed by atoms with Crippen LogP contribution >= 0.6 is 11.8 Å². The minimum Gasteiger partial charge on any atom is -0.481 e. The Morgan fingerprint density at radius 3 is 2.70 bits per heavy atom. The van der Waals surface area contributed by atoms with Gasteiger partial charge in [-0.2, -0.15) is 0 Å². The minimum absolute atomic E-state index is 0.0342. The summed E-state index contributed by atoms with van der Waals surface area (Å²) in [6.45, 7) is 3.83. The van der Waals surface area contributed by atoms with Gasteiger partial charge in [0.1, 0.15) is 5.82 Å². The summed E-state index contributed by atoms with van der Waals surface area (Å²) in [5.74, 6) is -1.19. The van der Waals surface area contributed by atoms with Crippen molar-refractivity contribution in [2.45, 2.75) is 25.0 Å². The molecule has 2 rings (SSSR count). The summed E-state index contributed by atoms with van der Waals surface area (Å²) in [5.41, 5.74) is 1.77. The summed E-state index contributed by atoms with van der Waals surface area (Å²) in [6.07, 6.45) is 1.87. The molecule has 0 saturated heterocycles. The number of nitrogens with zero attached hydrogens (tertiary/aromatic N) is 2. The molecular weight excluding hydrogens is 279 g/mol. The molecule has 0 amide bonds. The molecule has 1 heterocycles. The van der Waals surface area contributed by atoms with Crippen molar-refractivity contribution in [1.29, 1.82) is 0 Å². The quantitative estimate of drug-likeness (QED) is 0.861. The van der Waals surface area contributed by atoms with Crippen molar-refractivity contribution in [3.63, 3.8) is 0 Å². The molecule has 20 heavy (non-hydrogen) atoms. The highest BCUT2D eigenvalue weighted by atomic mass is 32.2. The number of benzene rings is 1. The highest BCUT2D eigenvalue weighted by molar-refractivity contribution is 7.99. The van der Waals surface area contributed by atoms with Gasteiger partial charge in [0.2, 0.25) is 0 Å². The van der Waals surface area contributed by atoms with Gasteiger partial charge in [-0.15, -0.1) is 0 Å². The summed E-state index contributed by atoms with van der Waals surface area (Å²) >= 11 is 1.18. The molecule has 0 bridgehead atoms. The van der Waals surface area contributed by atoms with E-state index in [2.05, 4.69) is 4.98 Å². The zero-order chi connectivity index (χ0) is 14.7. The lowest BCUT2D eigenvalue weighted by molar-refractivity contribution is -0.133. The number of aromatic nitrogens is 2. The molecule has 0 saturated carbocycles. The van der Waals surface area contributed by atoms with E-state index in [9.17, 15) is 9.18 Å². The number of carboxylic acid groups (broad SMARTS) is 1. The van der Waals surface area contributed by atoms with Gasteiger partial charge >= 0.3 is 5.97 Å². The molecule has 1 aromatic carbocycles. The number of imidazole rings is 1. The molecule has 1 atom stereocenters. The van der Waals surface area contributed by atoms with E-state index >= 15 is 0 Å². The van der Waals surface area contributed by atoms with Crippen LogP contribution in [0, 0.1) is 12.7 Å². The Morgan fingerprint density at radius 1 is 1.45 bits per heavy atom. The first-order valence-electron chi connectivity index (χ1n) is 6.13. The van der Waals surface area contributed by atoms with Crippen LogP contribution in [0.2, 0.25) is 0 Å². The second-order valence-corrected chi connectivity index (χ2v) is 5.42. The fourth-order valence-corrected chi connectivity index (χ4v) is 2.73. The third-order valence-electron chi connectivity index (χ3n) is 2.91. The molecular formula is C14H15FN2O2S. The SMILES string of the molecule is Cc1cn(C(C)c2ccc(F)cc2)c(SCC(=O)O)n1. The van der Waals surface area contributed by atoms with Crippen LogP contribution in [-0.4, -0.2) is 26.4 Å². The molecule has 0 spiro atoms. The van der Waals surface area contributed by atoms with Crippen LogP contribution in [0.25, 0.3) is 0 Å². The monoisotopic (exact) mass is 294 g/mol. The van der Waals surface area contributed by atoms with E-state index in [1.165, 1.54) is 23.9 Å². The summed E-state index contributed by atoms with van der Waals surface area (Å²) in [7, 11) is 0. The van der Waals surface area contributed by atoms with Crippen molar-refractivity contribution in [3.05, 3.63) is 47.5 Å². The number of rotatable bonds is 5. The van der Waals surface area contributed by atoms with Crippen molar-refractivity contribution in [2.75, 3.05) is 5.75 Å². The number of carboxylic acids is 1. The third-order valence-corrected chi connectivity index (χ3v) is 3.86. The van der Waals surface area contributed by atoms with E-state index in [-0.39, 0.29) is 17.6 Å². The van der Waals surface area contributed by atoms with Crippen molar-refractivity contribution in [2.24, 2.45) is 0 Å². The highest BCUT2D eigenvalue weighted by Gasteiger charge is 2.15. The van der Waals surface area contributed by atoms with E-state index in [0.717, 1.165) is 11.3 Å². The smallest absolute Gasteiger partial charge is 0.313 e. The number of hydrogen-bond donors (Lipinski definition) is 1. The molecule has 1 N–H and O–H groups in total. The average Bonchev–Trinajstić information content (AvgIpc) is 2.77. The van der Waals surface area contributed by atoms with Gasteiger partial charge in [-0.1, -0.05) is 23.9 Å². The molecule has 106 valence electrons. The number of halogens is 1. The van der Waals surface area contributed by atoms with Crippen molar-refractivity contribution < 1.29 is 14.3 Å². The minimum atomic E-state index is -0.878. The lowest BCUT2D eigenvalue weighted by Crippen LogP contribution is -2.08. The first kappa shape index (κ1) is 14.6. The van der Waals surface area contributed by atoms with Crippen LogP contribution in [0.15, 0.2) is 35.6 Å². The van der Waals surface area contributed by atoms with Crippen LogP contribution in [-0.2, 0) is 4.79 Å². The average molecular weight is 294 g/mol. The largest absolute Gasteiger partial charge is 0.481 e. The van der Waals surface area contributed by atoms with Crippen molar-refractivity contribution >= 4 is 17.7 Å². The summed E-state index contributed by atoms with van der Waals surface area (Å²) in [4.78, 5) is 15.0. The molecule has 6 heteroatoms. The second kappa shape index (κ2) is 6.09. The first-order chi connectivity index (χ1) is 9.47. The number of carbonyl (C=O) groups is 1. The number of aryl methyl sites for hydroxylation is 1. The van der Waals surface area contributed by atoms with Gasteiger partial charge in [0.15, 0.2) is 5.16 Å². The van der Waals surface area contributed by atoms with Crippen molar-refractivity contribution in [1.82, 2.24) is 9.55 Å². The first-order valence-corrected chi connectivity index (χ1v) is 7.11. The molecule has 0 fully saturated rings. The number of thioether (sulfide) groups is 1. The molecule has 1 unspecified atom stereocenters. The van der Waals surface area contributed by atoms with Gasteiger partial charge in [0.05, 0.1) is 17.5 Å². The van der Waals surface area contributed by atoms with Gasteiger partial charge in [0.25, 0.3) is 0 Å². The summed E-state index contributed by atoms with van der Waals surface area (Å²) < 4.78 is 14.9. The summed E-state index contributed by atoms with van der Waals surface area (Å²) in [5, 5.41) is 9.41. The topological polar surface area (TPSA) is 55.1 Å². The number of aliphatic carboxylic acids is 1. The highest BCUT2D eigenvalue weighted by Crippen LogP contribution is 2.26. The molecule has 4 nitrogen and oxygen atoms in total. The van der Waals surface area contributed by atoms with Gasteiger partial charge in [-0.3, -0.25) is 4.79 Å². The zero-order valence-electron chi connectivity index (χ0n) is 11.2. The Morgan fingerprint density at radius 2 is 2.10 bits per heavy atom. The molecule has 1 aromatic heterocycles. The van der Waals surface area contributed by atoms with E-state index < -0.39 is 5.97 Å². The van der Waals surface area contributed by atoms with E-state index in [1.54, 1.807) is 12.1 Å². The van der Waals surface area contributed by atoms with Gasteiger partial charge < -0.3 is 9.67 Å². The van der Waals surface area contributed by atoms with Crippen molar-refractivity contribution in [3.8, 4) is 0 Å². The standard InChI is InChI=1S/C14H15FN2O2S/c1-9-7-17(14(16-9)20-8-13(18)19)10(2)11-3-5-12(15)6-4-11/h3-7,10H,8H2,1-2H3,(H,18,19). The van der Waals surface area contributed by atoms with Gasteiger partial charge in [0, 0.05) is 6.20 Å². The maximum absolute atomic E-state index is 13.0. The Bertz CT molecular complexity index is 610. The normalized spacial score (nSPS) is 12.3. The van der Waals surface area contributed by atoms with Crippen LogP contribution < -0.4 is 0 Å². The van der Waals surface area contributed by atoms with Crippen LogP contribution in [0.3, 0.4) is 0 Å². The Balaban J connectivity index is 2.26. The Kier molecular flexibility index (Phi) is 4.44. The van der Waals surface area contributed by atoms with Crippen LogP contribution in [0.4, 0.5) is 4.39 Å². The predicted octanol–water partition coefficient (Wildman–Crippen LogP) is 3.12. The van der Waals surface area contributed by atoms with Crippen LogP contribution in [0.5, 0.6) is 0 Å². The van der Waals surface area contributed by atoms with Crippen LogP contribution in [0.1, 0.15) is 24.2 Å². The van der Waals surface area contributed by atoms with E-state index in [4.69, 9.17) is 5.11 Å². The molecule has 0 aliphatic heterocycles. The Labute approximate surface area is 120 Å². The van der Waals surface area contributed by atoms with E-state index in [1.807, 2.05) is 24.6 Å². The maximum atomic E-state index is 13.0. The Hall–Kier alpha value is -1.82. The number of hydrogen-bond acceptors (Lipinski definition) is 3. The molecule has 2 aromatic rings. The third kappa shape index (κ3) is 3.39. The predicted molar refractivity (Wildman–Crippen MR) is 75.5 cm³/mol. The molecule has 0 aliphatic rings. The lowest BCUT2D eigenvalue weighted by atomic mass is 10.1. The second-order valence-electron chi connectivity index (χ2n) is 4.48. The lowest BCUT2D eigenvalue weighted by Gasteiger charge is -2.16. The fraction of sp³-hybridized carbons (Fsp3) is 0.286. The van der Waals surface area contributed by atoms with E-state index in [0.29, 0.717) is 5.16 Å². The molecule has 0 radical (unpaired) electrons. The zero-order valence-corrected chi connectivity index (χ0v) is 12.0. The maximum Gasteiger partial charge on any atom is 0.313 e. The van der Waals surface area contributed by atoms with Gasteiger partial charge in [-0.05, 0) is 31.5 Å².